The number of benzene rings is 2. The zero-order chi connectivity index (χ0) is 19.4. The number of hydrogen-bond acceptors (Lipinski definition) is 2. The second-order valence-electron chi connectivity index (χ2n) is 7.87. The third-order valence-electron chi connectivity index (χ3n) is 5.32. The Kier molecular flexibility index (Phi) is 6.69. The van der Waals surface area contributed by atoms with Gasteiger partial charge in [0, 0.05) is 11.1 Å². The SMILES string of the molecule is CCC(C)(C)c1cccc(C(C)(C)CC)c1OP(F)Oc1ccccc1. The average Bonchev–Trinajstić information content (AvgIpc) is 2.62. The molecular weight excluding hydrogens is 346 g/mol. The zero-order valence-corrected chi connectivity index (χ0v) is 17.6. The normalized spacial score (nSPS) is 13.3. The highest BCUT2D eigenvalue weighted by Gasteiger charge is 2.32. The molecular formula is C22H30FO2P. The molecule has 1 atom stereocenters. The molecule has 142 valence electrons. The Bertz CT molecular complexity index is 679. The third kappa shape index (κ3) is 4.76. The summed E-state index contributed by atoms with van der Waals surface area (Å²) in [5, 5.41) is 0. The quantitative estimate of drug-likeness (QED) is 0.439. The second kappa shape index (κ2) is 8.39. The van der Waals surface area contributed by atoms with Gasteiger partial charge in [-0.1, -0.05) is 77.9 Å². The average molecular weight is 376 g/mol. The van der Waals surface area contributed by atoms with Crippen molar-refractivity contribution in [3.63, 3.8) is 0 Å². The van der Waals surface area contributed by atoms with Crippen LogP contribution in [0.1, 0.15) is 65.5 Å². The van der Waals surface area contributed by atoms with Crippen molar-refractivity contribution >= 4 is 8.69 Å². The van der Waals surface area contributed by atoms with Crippen LogP contribution in [0.4, 0.5) is 4.20 Å². The van der Waals surface area contributed by atoms with Gasteiger partial charge in [-0.25, -0.2) is 0 Å². The van der Waals surface area contributed by atoms with Crippen molar-refractivity contribution in [2.45, 2.75) is 65.2 Å². The Balaban J connectivity index is 2.43. The van der Waals surface area contributed by atoms with Gasteiger partial charge in [0.2, 0.25) is 0 Å². The minimum Gasteiger partial charge on any atom is -0.415 e. The van der Waals surface area contributed by atoms with E-state index in [0.717, 1.165) is 24.0 Å². The molecule has 0 N–H and O–H groups in total. The van der Waals surface area contributed by atoms with Gasteiger partial charge >= 0.3 is 8.69 Å². The van der Waals surface area contributed by atoms with Crippen LogP contribution in [0.3, 0.4) is 0 Å². The molecule has 0 aliphatic carbocycles. The summed E-state index contributed by atoms with van der Waals surface area (Å²) in [5.74, 6) is 1.11. The summed E-state index contributed by atoms with van der Waals surface area (Å²) in [4.78, 5) is 0. The summed E-state index contributed by atoms with van der Waals surface area (Å²) >= 11 is 0. The van der Waals surface area contributed by atoms with E-state index in [1.807, 2.05) is 36.4 Å². The van der Waals surface area contributed by atoms with E-state index in [2.05, 4.69) is 41.5 Å². The monoisotopic (exact) mass is 376 g/mol. The number of rotatable bonds is 8. The molecule has 4 heteroatoms. The van der Waals surface area contributed by atoms with Crippen molar-refractivity contribution in [3.8, 4) is 11.5 Å². The van der Waals surface area contributed by atoms with Gasteiger partial charge < -0.3 is 9.05 Å². The molecule has 0 aliphatic rings. The van der Waals surface area contributed by atoms with Crippen LogP contribution in [0.15, 0.2) is 48.5 Å². The van der Waals surface area contributed by atoms with E-state index in [0.29, 0.717) is 11.5 Å². The zero-order valence-electron chi connectivity index (χ0n) is 16.7. The van der Waals surface area contributed by atoms with E-state index >= 15 is 0 Å². The Hall–Kier alpha value is -1.60. The van der Waals surface area contributed by atoms with Crippen LogP contribution in [0.2, 0.25) is 0 Å². The maximum absolute atomic E-state index is 14.7. The molecule has 0 aliphatic heterocycles. The molecule has 0 saturated heterocycles. The molecule has 0 spiro atoms. The van der Waals surface area contributed by atoms with Crippen molar-refractivity contribution in [3.05, 3.63) is 59.7 Å². The van der Waals surface area contributed by atoms with Crippen molar-refractivity contribution in [1.29, 1.82) is 0 Å². The Morgan fingerprint density at radius 2 is 1.27 bits per heavy atom. The molecule has 2 aromatic rings. The van der Waals surface area contributed by atoms with E-state index in [1.165, 1.54) is 0 Å². The summed E-state index contributed by atoms with van der Waals surface area (Å²) in [7, 11) is -2.57. The van der Waals surface area contributed by atoms with Gasteiger partial charge in [0.25, 0.3) is 0 Å². The first-order chi connectivity index (χ1) is 12.2. The predicted molar refractivity (Wildman–Crippen MR) is 109 cm³/mol. The topological polar surface area (TPSA) is 18.5 Å². The maximum Gasteiger partial charge on any atom is 0.505 e. The first kappa shape index (κ1) is 20.7. The lowest BCUT2D eigenvalue weighted by Crippen LogP contribution is -2.22. The smallest absolute Gasteiger partial charge is 0.415 e. The van der Waals surface area contributed by atoms with Crippen molar-refractivity contribution in [2.75, 3.05) is 0 Å². The van der Waals surface area contributed by atoms with Gasteiger partial charge in [-0.3, -0.25) is 0 Å². The van der Waals surface area contributed by atoms with Crippen LogP contribution < -0.4 is 9.05 Å². The Labute approximate surface area is 158 Å². The van der Waals surface area contributed by atoms with Gasteiger partial charge in [0.15, 0.2) is 0 Å². The predicted octanol–water partition coefficient (Wildman–Crippen LogP) is 7.72. The molecule has 2 aromatic carbocycles. The van der Waals surface area contributed by atoms with Crippen LogP contribution in [0.25, 0.3) is 0 Å². The third-order valence-corrected chi connectivity index (χ3v) is 6.00. The van der Waals surface area contributed by atoms with Crippen molar-refractivity contribution in [2.24, 2.45) is 0 Å². The van der Waals surface area contributed by atoms with E-state index in [-0.39, 0.29) is 10.8 Å². The van der Waals surface area contributed by atoms with Crippen molar-refractivity contribution < 1.29 is 13.2 Å². The fourth-order valence-electron chi connectivity index (χ4n) is 2.74. The molecule has 0 aromatic heterocycles. The summed E-state index contributed by atoms with van der Waals surface area (Å²) in [5.41, 5.74) is 1.83. The lowest BCUT2D eigenvalue weighted by atomic mass is 9.76. The first-order valence-corrected chi connectivity index (χ1v) is 10.3. The van der Waals surface area contributed by atoms with Gasteiger partial charge in [-0.15, -0.1) is 4.20 Å². The largest absolute Gasteiger partial charge is 0.505 e. The lowest BCUT2D eigenvalue weighted by Gasteiger charge is -2.32. The van der Waals surface area contributed by atoms with E-state index in [9.17, 15) is 4.20 Å². The highest BCUT2D eigenvalue weighted by molar-refractivity contribution is 7.42. The van der Waals surface area contributed by atoms with Gasteiger partial charge in [-0.05, 0) is 35.8 Å². The number of para-hydroxylation sites is 2. The molecule has 2 rings (SSSR count). The molecule has 0 amide bonds. The first-order valence-electron chi connectivity index (χ1n) is 9.22. The lowest BCUT2D eigenvalue weighted by molar-refractivity contribution is 0.404. The van der Waals surface area contributed by atoms with Gasteiger partial charge in [0.05, 0.1) is 0 Å². The summed E-state index contributed by atoms with van der Waals surface area (Å²) in [6.07, 6.45) is 1.87. The van der Waals surface area contributed by atoms with Gasteiger partial charge in [-0.2, -0.15) is 0 Å². The minimum absolute atomic E-state index is 0.113. The summed E-state index contributed by atoms with van der Waals surface area (Å²) < 4.78 is 26.0. The molecule has 0 fully saturated rings. The maximum atomic E-state index is 14.7. The molecule has 2 nitrogen and oxygen atoms in total. The van der Waals surface area contributed by atoms with E-state index in [4.69, 9.17) is 9.05 Å². The number of halogens is 1. The van der Waals surface area contributed by atoms with Crippen LogP contribution >= 0.6 is 8.69 Å². The minimum atomic E-state index is -2.57. The highest BCUT2D eigenvalue weighted by atomic mass is 31.2. The highest BCUT2D eigenvalue weighted by Crippen LogP contribution is 2.49. The number of hydrogen-bond donors (Lipinski definition) is 0. The van der Waals surface area contributed by atoms with E-state index in [1.54, 1.807) is 12.1 Å². The molecule has 0 heterocycles. The summed E-state index contributed by atoms with van der Waals surface area (Å²) in [6, 6.07) is 15.1. The van der Waals surface area contributed by atoms with Gasteiger partial charge in [0.1, 0.15) is 11.5 Å². The molecule has 0 bridgehead atoms. The van der Waals surface area contributed by atoms with E-state index < -0.39 is 8.69 Å². The fraction of sp³-hybridized carbons (Fsp3) is 0.455. The molecule has 1 unspecified atom stereocenters. The Morgan fingerprint density at radius 1 is 0.769 bits per heavy atom. The summed E-state index contributed by atoms with van der Waals surface area (Å²) in [6.45, 7) is 12.9. The van der Waals surface area contributed by atoms with Crippen LogP contribution in [0, 0.1) is 0 Å². The molecule has 26 heavy (non-hydrogen) atoms. The van der Waals surface area contributed by atoms with Crippen LogP contribution in [0.5, 0.6) is 11.5 Å². The van der Waals surface area contributed by atoms with Crippen molar-refractivity contribution in [1.82, 2.24) is 0 Å². The molecule has 0 saturated carbocycles. The molecule has 0 radical (unpaired) electrons. The fourth-order valence-corrected chi connectivity index (χ4v) is 3.40. The second-order valence-corrected chi connectivity index (χ2v) is 8.66. The Morgan fingerprint density at radius 3 is 1.73 bits per heavy atom. The standard InChI is InChI=1S/C22H30FO2P/c1-7-21(3,4)18-15-12-16-19(22(5,6)8-2)20(18)25-26(23)24-17-13-10-9-11-14-17/h9-16H,7-8H2,1-6H3. The van der Waals surface area contributed by atoms with Crippen LogP contribution in [-0.4, -0.2) is 0 Å². The van der Waals surface area contributed by atoms with Crippen LogP contribution in [-0.2, 0) is 10.8 Å².